The zero-order valence-corrected chi connectivity index (χ0v) is 19.6. The van der Waals surface area contributed by atoms with E-state index in [4.69, 9.17) is 9.47 Å². The number of benzene rings is 2. The number of alkyl carbamates (subject to hydrolysis) is 1. The quantitative estimate of drug-likeness (QED) is 0.579. The van der Waals surface area contributed by atoms with Crippen molar-refractivity contribution in [3.05, 3.63) is 71.8 Å². The fourth-order valence-electron chi connectivity index (χ4n) is 2.06. The summed E-state index contributed by atoms with van der Waals surface area (Å²) in [6, 6.07) is 18.1. The Morgan fingerprint density at radius 2 is 1.23 bits per heavy atom. The van der Waals surface area contributed by atoms with Crippen LogP contribution in [0.15, 0.2) is 60.7 Å². The van der Waals surface area contributed by atoms with Crippen LogP contribution >= 0.6 is 0 Å². The van der Waals surface area contributed by atoms with Crippen molar-refractivity contribution in [2.24, 2.45) is 0 Å². The van der Waals surface area contributed by atoms with Gasteiger partial charge in [0.1, 0.15) is 26.3 Å². The van der Waals surface area contributed by atoms with E-state index in [-0.39, 0.29) is 13.2 Å². The topological polar surface area (TPSA) is 120 Å². The molecule has 0 aliphatic heterocycles. The molecule has 0 saturated heterocycles. The molecule has 35 heavy (non-hydrogen) atoms. The highest BCUT2D eigenvalue weighted by Crippen LogP contribution is 2.03. The van der Waals surface area contributed by atoms with Crippen molar-refractivity contribution in [1.29, 1.82) is 0 Å². The second-order valence-electron chi connectivity index (χ2n) is 6.21. The summed E-state index contributed by atoms with van der Waals surface area (Å²) in [4.78, 5) is 49.9. The van der Waals surface area contributed by atoms with Crippen molar-refractivity contribution >= 4 is 24.1 Å². The number of carbonyl (C=O) groups excluding carboxylic acids is 4. The first kappa shape index (κ1) is 30.8. The summed E-state index contributed by atoms with van der Waals surface area (Å²) in [5.74, 6) is -2.33. The standard InChI is InChI=1S/C11H12FNO4.C10H10FNO4.C2H6/c1-13(7-10(14)17-12)11(15)16-8-9-5-3-2-4-6-9;11-16-9(13)6-12-10(14)15-7-8-4-2-1-3-5-8;1-2/h2-6H,7-8H2,1H3;1-5H,6-7H2,(H,12,14);1-2H3. The van der Waals surface area contributed by atoms with Crippen molar-refractivity contribution in [3.63, 3.8) is 0 Å². The van der Waals surface area contributed by atoms with Gasteiger partial charge in [0.25, 0.3) is 0 Å². The number of nitrogens with zero attached hydrogens (tertiary/aromatic N) is 1. The van der Waals surface area contributed by atoms with Gasteiger partial charge in [-0.15, -0.1) is 0 Å². The number of halogens is 2. The lowest BCUT2D eigenvalue weighted by Crippen LogP contribution is -2.32. The van der Waals surface area contributed by atoms with E-state index >= 15 is 0 Å². The first-order valence-corrected chi connectivity index (χ1v) is 10.3. The Morgan fingerprint density at radius 1 is 0.771 bits per heavy atom. The predicted octanol–water partition coefficient (Wildman–Crippen LogP) is 4.05. The van der Waals surface area contributed by atoms with Crippen molar-refractivity contribution in [2.45, 2.75) is 27.1 Å². The Hall–Kier alpha value is -4.22. The molecule has 0 heterocycles. The van der Waals surface area contributed by atoms with Gasteiger partial charge in [0.2, 0.25) is 0 Å². The number of ether oxygens (including phenoxy) is 2. The van der Waals surface area contributed by atoms with Crippen molar-refractivity contribution < 1.29 is 47.6 Å². The summed E-state index contributed by atoms with van der Waals surface area (Å²) in [5, 5.41) is 2.03. The van der Waals surface area contributed by atoms with E-state index in [9.17, 15) is 28.2 Å². The summed E-state index contributed by atoms with van der Waals surface area (Å²) < 4.78 is 32.3. The lowest BCUT2D eigenvalue weighted by atomic mass is 10.2. The monoisotopic (exact) mass is 498 g/mol. The Balaban J connectivity index is 0.000000618. The molecule has 0 fully saturated rings. The average molecular weight is 498 g/mol. The summed E-state index contributed by atoms with van der Waals surface area (Å²) in [5.41, 5.74) is 1.63. The molecule has 0 atom stereocenters. The minimum Gasteiger partial charge on any atom is -0.445 e. The zero-order valence-electron chi connectivity index (χ0n) is 19.6. The molecule has 0 aromatic heterocycles. The highest BCUT2D eigenvalue weighted by atomic mass is 19.3. The van der Waals surface area contributed by atoms with Gasteiger partial charge >= 0.3 is 24.1 Å². The van der Waals surface area contributed by atoms with Gasteiger partial charge in [-0.05, 0) is 11.1 Å². The lowest BCUT2D eigenvalue weighted by molar-refractivity contribution is -0.184. The summed E-state index contributed by atoms with van der Waals surface area (Å²) in [6.45, 7) is 3.11. The number of likely N-dealkylation sites (N-methyl/N-ethyl adjacent to an activating group) is 1. The Labute approximate surface area is 201 Å². The van der Waals surface area contributed by atoms with Crippen LogP contribution in [0.25, 0.3) is 0 Å². The number of nitrogens with one attached hydrogen (secondary N) is 1. The van der Waals surface area contributed by atoms with Gasteiger partial charge in [-0.25, -0.2) is 19.2 Å². The highest BCUT2D eigenvalue weighted by Gasteiger charge is 2.15. The van der Waals surface area contributed by atoms with Crippen LogP contribution < -0.4 is 5.32 Å². The molecule has 10 nitrogen and oxygen atoms in total. The van der Waals surface area contributed by atoms with Gasteiger partial charge in [-0.1, -0.05) is 74.5 Å². The van der Waals surface area contributed by atoms with Crippen LogP contribution in [0.1, 0.15) is 25.0 Å². The van der Waals surface area contributed by atoms with Crippen LogP contribution in [-0.4, -0.2) is 49.2 Å². The van der Waals surface area contributed by atoms with Crippen LogP contribution in [0.2, 0.25) is 0 Å². The molecule has 2 aromatic carbocycles. The van der Waals surface area contributed by atoms with E-state index in [0.29, 0.717) is 0 Å². The maximum Gasteiger partial charge on any atom is 0.410 e. The van der Waals surface area contributed by atoms with Gasteiger partial charge in [-0.2, -0.15) is 0 Å². The van der Waals surface area contributed by atoms with Crippen molar-refractivity contribution in [1.82, 2.24) is 10.2 Å². The van der Waals surface area contributed by atoms with Crippen LogP contribution in [0, 0.1) is 0 Å². The Morgan fingerprint density at radius 3 is 1.69 bits per heavy atom. The largest absolute Gasteiger partial charge is 0.445 e. The molecule has 0 saturated carbocycles. The molecule has 0 bridgehead atoms. The average Bonchev–Trinajstić information content (AvgIpc) is 2.91. The molecule has 192 valence electrons. The van der Waals surface area contributed by atoms with Crippen LogP contribution in [0.5, 0.6) is 0 Å². The molecule has 0 spiro atoms. The van der Waals surface area contributed by atoms with Crippen LogP contribution in [-0.2, 0) is 42.2 Å². The van der Waals surface area contributed by atoms with E-state index in [1.807, 2.05) is 43.4 Å². The van der Waals surface area contributed by atoms with Crippen LogP contribution in [0.3, 0.4) is 0 Å². The summed E-state index contributed by atoms with van der Waals surface area (Å²) in [7, 11) is 1.31. The molecule has 0 aliphatic carbocycles. The number of amides is 2. The first-order chi connectivity index (χ1) is 16.8. The minimum absolute atomic E-state index is 0.0807. The van der Waals surface area contributed by atoms with Gasteiger partial charge in [0, 0.05) is 16.1 Å². The maximum absolute atomic E-state index is 11.4. The molecule has 0 radical (unpaired) electrons. The molecule has 0 aliphatic rings. The SMILES string of the molecule is CC.CN(CC(=O)OF)C(=O)OCc1ccccc1.O=C(CNC(=O)OCc1ccccc1)OF. The summed E-state index contributed by atoms with van der Waals surface area (Å²) in [6.07, 6.45) is -1.53. The smallest absolute Gasteiger partial charge is 0.410 e. The maximum atomic E-state index is 11.4. The normalized spacial score (nSPS) is 9.06. The number of rotatable bonds is 8. The fraction of sp³-hybridized carbons (Fsp3) is 0.304. The van der Waals surface area contributed by atoms with Gasteiger partial charge in [0.05, 0.1) is 0 Å². The first-order valence-electron chi connectivity index (χ1n) is 10.3. The second-order valence-corrected chi connectivity index (χ2v) is 6.21. The molecule has 0 unspecified atom stereocenters. The van der Waals surface area contributed by atoms with Crippen molar-refractivity contribution in [3.8, 4) is 0 Å². The van der Waals surface area contributed by atoms with Crippen LogP contribution in [0.4, 0.5) is 18.6 Å². The molecular weight excluding hydrogens is 470 g/mol. The summed E-state index contributed by atoms with van der Waals surface area (Å²) >= 11 is 0. The number of hydrogen-bond acceptors (Lipinski definition) is 8. The molecule has 2 rings (SSSR count). The van der Waals surface area contributed by atoms with Gasteiger partial charge < -0.3 is 19.7 Å². The minimum atomic E-state index is -1.18. The Kier molecular flexibility index (Phi) is 16.9. The molecule has 12 heteroatoms. The molecule has 2 amide bonds. The number of carbonyl (C=O) groups is 4. The third kappa shape index (κ3) is 15.3. The molecular formula is C23H28F2N2O8. The van der Waals surface area contributed by atoms with E-state index < -0.39 is 37.2 Å². The van der Waals surface area contributed by atoms with Crippen molar-refractivity contribution in [2.75, 3.05) is 20.1 Å². The van der Waals surface area contributed by atoms with Gasteiger partial charge in [-0.3, -0.25) is 9.88 Å². The molecule has 2 aromatic rings. The van der Waals surface area contributed by atoms with E-state index in [0.717, 1.165) is 16.0 Å². The van der Waals surface area contributed by atoms with E-state index in [1.54, 1.807) is 36.4 Å². The fourth-order valence-corrected chi connectivity index (χ4v) is 2.06. The lowest BCUT2D eigenvalue weighted by Gasteiger charge is -2.14. The third-order valence-corrected chi connectivity index (χ3v) is 3.65. The Bertz CT molecular complexity index is 886. The predicted molar refractivity (Wildman–Crippen MR) is 120 cm³/mol. The van der Waals surface area contributed by atoms with E-state index in [1.165, 1.54) is 7.05 Å². The second kappa shape index (κ2) is 19.3. The van der Waals surface area contributed by atoms with E-state index in [2.05, 4.69) is 9.88 Å². The highest BCUT2D eigenvalue weighted by molar-refractivity contribution is 5.77. The number of hydrogen-bond donors (Lipinski definition) is 1. The zero-order chi connectivity index (χ0) is 26.5. The van der Waals surface area contributed by atoms with Gasteiger partial charge in [0.15, 0.2) is 0 Å². The molecule has 1 N–H and O–H groups in total. The third-order valence-electron chi connectivity index (χ3n) is 3.65.